The van der Waals surface area contributed by atoms with Crippen molar-refractivity contribution in [1.29, 1.82) is 0 Å². The summed E-state index contributed by atoms with van der Waals surface area (Å²) in [5.74, 6) is 0. The molecule has 2 rings (SSSR count). The van der Waals surface area contributed by atoms with E-state index in [-0.39, 0.29) is 17.7 Å². The molecule has 0 amide bonds. The van der Waals surface area contributed by atoms with E-state index in [9.17, 15) is 13.2 Å². The van der Waals surface area contributed by atoms with Gasteiger partial charge in [-0.25, -0.2) is 0 Å². The Labute approximate surface area is 103 Å². The first-order chi connectivity index (χ1) is 8.52. The van der Waals surface area contributed by atoms with Crippen molar-refractivity contribution in [3.05, 3.63) is 53.1 Å². The Bertz CT molecular complexity index is 498. The van der Waals surface area contributed by atoms with Gasteiger partial charge in [-0.3, -0.25) is 0 Å². The Morgan fingerprint density at radius 2 is 1.94 bits per heavy atom. The van der Waals surface area contributed by atoms with Gasteiger partial charge >= 0.3 is 6.18 Å². The molecule has 0 unspecified atom stereocenters. The zero-order chi connectivity index (χ0) is 13.2. The van der Waals surface area contributed by atoms with E-state index in [1.807, 2.05) is 18.2 Å². The van der Waals surface area contributed by atoms with E-state index < -0.39 is 11.7 Å². The van der Waals surface area contributed by atoms with E-state index in [2.05, 4.69) is 0 Å². The molecule has 96 valence electrons. The topological polar surface area (TPSA) is 20.2 Å². The second-order valence-corrected chi connectivity index (χ2v) is 4.18. The molecule has 0 aromatic heterocycles. The van der Waals surface area contributed by atoms with Crippen molar-refractivity contribution in [3.63, 3.8) is 0 Å². The molecule has 0 aliphatic heterocycles. The largest absolute Gasteiger partial charge is 0.417 e. The third-order valence-electron chi connectivity index (χ3n) is 2.92. The Balaban J connectivity index is 2.49. The summed E-state index contributed by atoms with van der Waals surface area (Å²) in [7, 11) is 0. The minimum Gasteiger partial charge on any atom is -0.392 e. The molecule has 1 nitrogen and oxygen atoms in total. The fourth-order valence-electron chi connectivity index (χ4n) is 2.02. The molecule has 1 aliphatic rings. The van der Waals surface area contributed by atoms with Crippen LogP contribution in [-0.4, -0.2) is 5.11 Å². The average Bonchev–Trinajstić information content (AvgIpc) is 2.38. The van der Waals surface area contributed by atoms with E-state index in [1.54, 1.807) is 0 Å². The molecule has 1 aromatic rings. The standard InChI is InChI=1S/C14H13F3O/c15-14(16,17)13-8-10(9-18)6-7-12(13)11-4-2-1-3-5-11/h1-2,5-8,18H,3-4,9H2. The monoisotopic (exact) mass is 254 g/mol. The fraction of sp³-hybridized carbons (Fsp3) is 0.286. The summed E-state index contributed by atoms with van der Waals surface area (Å²) >= 11 is 0. The molecule has 1 aliphatic carbocycles. The van der Waals surface area contributed by atoms with E-state index in [0.717, 1.165) is 6.07 Å². The highest BCUT2D eigenvalue weighted by atomic mass is 19.4. The Kier molecular flexibility index (Phi) is 3.57. The highest BCUT2D eigenvalue weighted by Gasteiger charge is 2.34. The van der Waals surface area contributed by atoms with Gasteiger partial charge in [-0.15, -0.1) is 0 Å². The van der Waals surface area contributed by atoms with Gasteiger partial charge in [-0.05, 0) is 35.6 Å². The predicted molar refractivity (Wildman–Crippen MR) is 63.7 cm³/mol. The summed E-state index contributed by atoms with van der Waals surface area (Å²) in [6, 6.07) is 4.00. The summed E-state index contributed by atoms with van der Waals surface area (Å²) in [4.78, 5) is 0. The molecule has 0 saturated heterocycles. The van der Waals surface area contributed by atoms with E-state index in [1.165, 1.54) is 12.1 Å². The molecule has 0 spiro atoms. The molecule has 0 heterocycles. The number of halogens is 3. The number of hydrogen-bond acceptors (Lipinski definition) is 1. The number of aliphatic hydroxyl groups is 1. The number of allylic oxidation sites excluding steroid dienone is 4. The van der Waals surface area contributed by atoms with Crippen LogP contribution in [-0.2, 0) is 12.8 Å². The normalized spacial score (nSPS) is 15.7. The minimum absolute atomic E-state index is 0.212. The van der Waals surface area contributed by atoms with Crippen molar-refractivity contribution in [2.24, 2.45) is 0 Å². The van der Waals surface area contributed by atoms with E-state index >= 15 is 0 Å². The van der Waals surface area contributed by atoms with Gasteiger partial charge in [0.2, 0.25) is 0 Å². The Morgan fingerprint density at radius 1 is 1.17 bits per heavy atom. The van der Waals surface area contributed by atoms with Crippen LogP contribution >= 0.6 is 0 Å². The predicted octanol–water partition coefficient (Wildman–Crippen LogP) is 3.93. The zero-order valence-electron chi connectivity index (χ0n) is 9.67. The maximum absolute atomic E-state index is 13.0. The van der Waals surface area contributed by atoms with Gasteiger partial charge < -0.3 is 5.11 Å². The lowest BCUT2D eigenvalue weighted by Gasteiger charge is -2.17. The lowest BCUT2D eigenvalue weighted by molar-refractivity contribution is -0.137. The van der Waals surface area contributed by atoms with E-state index in [0.29, 0.717) is 18.4 Å². The highest BCUT2D eigenvalue weighted by Crippen LogP contribution is 2.37. The molecule has 1 N–H and O–H groups in total. The second kappa shape index (κ2) is 4.98. The van der Waals surface area contributed by atoms with Crippen molar-refractivity contribution >= 4 is 5.57 Å². The fourth-order valence-corrected chi connectivity index (χ4v) is 2.02. The number of benzene rings is 1. The SMILES string of the molecule is OCc1ccc(C2=CCC=CC2)c(C(F)(F)F)c1. The number of hydrogen-bond donors (Lipinski definition) is 1. The van der Waals surface area contributed by atoms with Gasteiger partial charge in [0.05, 0.1) is 12.2 Å². The first-order valence-corrected chi connectivity index (χ1v) is 5.68. The number of rotatable bonds is 2. The summed E-state index contributed by atoms with van der Waals surface area (Å²) < 4.78 is 39.0. The van der Waals surface area contributed by atoms with Crippen LogP contribution in [0.15, 0.2) is 36.4 Å². The smallest absolute Gasteiger partial charge is 0.392 e. The molecule has 4 heteroatoms. The maximum atomic E-state index is 13.0. The first-order valence-electron chi connectivity index (χ1n) is 5.68. The van der Waals surface area contributed by atoms with Crippen LogP contribution < -0.4 is 0 Å². The van der Waals surface area contributed by atoms with Gasteiger partial charge in [0.15, 0.2) is 0 Å². The molecule has 0 saturated carbocycles. The van der Waals surface area contributed by atoms with Crippen LogP contribution in [0.3, 0.4) is 0 Å². The van der Waals surface area contributed by atoms with Crippen LogP contribution in [0.1, 0.15) is 29.5 Å². The van der Waals surface area contributed by atoms with Crippen LogP contribution in [0.4, 0.5) is 13.2 Å². The Hall–Kier alpha value is -1.55. The van der Waals surface area contributed by atoms with Gasteiger partial charge in [-0.2, -0.15) is 13.2 Å². The van der Waals surface area contributed by atoms with Crippen molar-refractivity contribution < 1.29 is 18.3 Å². The molecule has 0 radical (unpaired) electrons. The van der Waals surface area contributed by atoms with Crippen molar-refractivity contribution in [2.75, 3.05) is 0 Å². The van der Waals surface area contributed by atoms with Crippen molar-refractivity contribution in [3.8, 4) is 0 Å². The van der Waals surface area contributed by atoms with Crippen LogP contribution in [0.2, 0.25) is 0 Å². The molecular formula is C14H13F3O. The van der Waals surface area contributed by atoms with Gasteiger partial charge in [0.1, 0.15) is 0 Å². The Morgan fingerprint density at radius 3 is 2.50 bits per heavy atom. The van der Waals surface area contributed by atoms with Crippen LogP contribution in [0.25, 0.3) is 5.57 Å². The molecule has 18 heavy (non-hydrogen) atoms. The molecule has 0 fully saturated rings. The highest BCUT2D eigenvalue weighted by molar-refractivity contribution is 5.71. The molecule has 0 bridgehead atoms. The third-order valence-corrected chi connectivity index (χ3v) is 2.92. The molecule has 1 aromatic carbocycles. The third kappa shape index (κ3) is 2.64. The maximum Gasteiger partial charge on any atom is 0.417 e. The summed E-state index contributed by atoms with van der Waals surface area (Å²) in [5.41, 5.74) is 0.506. The van der Waals surface area contributed by atoms with Gasteiger partial charge in [0, 0.05) is 0 Å². The lowest BCUT2D eigenvalue weighted by Crippen LogP contribution is -2.10. The second-order valence-electron chi connectivity index (χ2n) is 4.18. The van der Waals surface area contributed by atoms with Crippen molar-refractivity contribution in [2.45, 2.75) is 25.6 Å². The zero-order valence-corrected chi connectivity index (χ0v) is 9.67. The average molecular weight is 254 g/mol. The minimum atomic E-state index is -4.40. The van der Waals surface area contributed by atoms with E-state index in [4.69, 9.17) is 5.11 Å². The lowest BCUT2D eigenvalue weighted by atomic mass is 9.92. The summed E-state index contributed by atoms with van der Waals surface area (Å²) in [6.07, 6.45) is 2.38. The molecular weight excluding hydrogens is 241 g/mol. The van der Waals surface area contributed by atoms with Gasteiger partial charge in [0.25, 0.3) is 0 Å². The van der Waals surface area contributed by atoms with Crippen molar-refractivity contribution in [1.82, 2.24) is 0 Å². The molecule has 0 atom stereocenters. The summed E-state index contributed by atoms with van der Waals surface area (Å²) in [6.45, 7) is -0.387. The van der Waals surface area contributed by atoms with Gasteiger partial charge in [-0.1, -0.05) is 30.4 Å². The first kappa shape index (κ1) is 12.9. The quantitative estimate of drug-likeness (QED) is 0.793. The summed E-state index contributed by atoms with van der Waals surface area (Å²) in [5, 5.41) is 8.94. The number of aliphatic hydroxyl groups excluding tert-OH is 1. The van der Waals surface area contributed by atoms with Crippen LogP contribution in [0, 0.1) is 0 Å². The number of alkyl halides is 3. The van der Waals surface area contributed by atoms with Crippen LogP contribution in [0.5, 0.6) is 0 Å².